The van der Waals surface area contributed by atoms with Gasteiger partial charge in [0.05, 0.1) is 17.9 Å². The Labute approximate surface area is 287 Å². The number of benzene rings is 2. The molecule has 0 atom stereocenters. The van der Waals surface area contributed by atoms with E-state index in [1.54, 1.807) is 27.7 Å². The zero-order chi connectivity index (χ0) is 34.2. The second kappa shape index (κ2) is 15.9. The second-order valence-electron chi connectivity index (χ2n) is 10.8. The smallest absolute Gasteiger partial charge is 0.343 e. The first-order chi connectivity index (χ1) is 22.3. The number of hydrogen-bond donors (Lipinski definition) is 0. The van der Waals surface area contributed by atoms with Crippen LogP contribution in [0.2, 0.25) is 15.7 Å². The maximum atomic E-state index is 12.4. The molecule has 0 N–H and O–H groups in total. The molecule has 0 aliphatic carbocycles. The lowest BCUT2D eigenvalue weighted by atomic mass is 10.1. The van der Waals surface area contributed by atoms with E-state index < -0.39 is 11.9 Å². The van der Waals surface area contributed by atoms with Crippen molar-refractivity contribution in [2.45, 2.75) is 39.9 Å². The van der Waals surface area contributed by atoms with Gasteiger partial charge in [-0.1, -0.05) is 48.0 Å². The van der Waals surface area contributed by atoms with Crippen molar-refractivity contribution in [3.8, 4) is 11.3 Å². The van der Waals surface area contributed by atoms with Crippen molar-refractivity contribution in [2.75, 3.05) is 0 Å². The Morgan fingerprint density at radius 2 is 1.26 bits per heavy atom. The van der Waals surface area contributed by atoms with Crippen LogP contribution in [0.3, 0.4) is 0 Å². The number of carbonyl (C=O) groups excluding carboxylic acids is 2. The predicted octanol–water partition coefficient (Wildman–Crippen LogP) is 8.38. The average Bonchev–Trinajstić information content (AvgIpc) is 3.56. The van der Waals surface area contributed by atoms with Gasteiger partial charge in [-0.05, 0) is 74.5 Å². The first kappa shape index (κ1) is 35.3. The third kappa shape index (κ3) is 9.06. The molecular weight excluding hydrogens is 663 g/mol. The average molecular weight is 696 g/mol. The van der Waals surface area contributed by atoms with Crippen molar-refractivity contribution < 1.29 is 19.1 Å². The normalized spacial score (nSPS) is 10.8. The summed E-state index contributed by atoms with van der Waals surface area (Å²) < 4.78 is 14.3. The third-order valence-corrected chi connectivity index (χ3v) is 7.20. The Hall–Kier alpha value is -4.51. The van der Waals surface area contributed by atoms with Gasteiger partial charge in [-0.25, -0.2) is 29.5 Å². The molecule has 0 saturated heterocycles. The van der Waals surface area contributed by atoms with Gasteiger partial charge in [0.25, 0.3) is 0 Å². The maximum Gasteiger partial charge on any atom is 0.343 e. The van der Waals surface area contributed by atoms with Crippen LogP contribution in [0.15, 0.2) is 79.4 Å². The summed E-state index contributed by atoms with van der Waals surface area (Å²) in [5.41, 5.74) is 4.06. The van der Waals surface area contributed by atoms with Crippen LogP contribution in [-0.2, 0) is 23.6 Å². The van der Waals surface area contributed by atoms with Crippen LogP contribution in [-0.4, -0.2) is 53.2 Å². The zero-order valence-corrected chi connectivity index (χ0v) is 28.9. The largest absolute Gasteiger partial charge is 0.459 e. The topological polar surface area (TPSA) is 114 Å². The molecule has 6 aromatic rings. The standard InChI is InChI=1S/C17H16ClN3O2.C9H9N.C8H8Cl2N2O2/c1-10(2)23-16(22)12-8-19-17(18)20-15(12)13-9-21(3)14-7-5-4-6-11(13)14;1-10-7-6-8-4-2-3-5-9(8)10;1-4(2)14-7(13)5-3-11-8(10)12-6(5)9/h4-10H,1-3H3;2-7H,1H3;3-4H,1-2H3. The van der Waals surface area contributed by atoms with Crippen LogP contribution < -0.4 is 0 Å². The summed E-state index contributed by atoms with van der Waals surface area (Å²) in [7, 11) is 4.00. The second-order valence-corrected chi connectivity index (χ2v) is 11.8. The highest BCUT2D eigenvalue weighted by Crippen LogP contribution is 2.32. The van der Waals surface area contributed by atoms with E-state index in [0.717, 1.165) is 16.5 Å². The highest BCUT2D eigenvalue weighted by Gasteiger charge is 2.21. The molecule has 13 heteroatoms. The van der Waals surface area contributed by atoms with E-state index in [1.165, 1.54) is 23.3 Å². The highest BCUT2D eigenvalue weighted by molar-refractivity contribution is 6.34. The fraction of sp³-hybridized carbons (Fsp3) is 0.235. The van der Waals surface area contributed by atoms with E-state index in [4.69, 9.17) is 44.3 Å². The Morgan fingerprint density at radius 3 is 1.87 bits per heavy atom. The van der Waals surface area contributed by atoms with Gasteiger partial charge >= 0.3 is 11.9 Å². The number of nitrogens with zero attached hydrogens (tertiary/aromatic N) is 6. The minimum absolute atomic E-state index is 0.00361. The van der Waals surface area contributed by atoms with Crippen LogP contribution in [0, 0.1) is 0 Å². The van der Waals surface area contributed by atoms with Gasteiger partial charge in [-0.15, -0.1) is 0 Å². The van der Waals surface area contributed by atoms with Gasteiger partial charge in [0.15, 0.2) is 0 Å². The monoisotopic (exact) mass is 694 g/mol. The Morgan fingerprint density at radius 1 is 0.702 bits per heavy atom. The molecule has 0 radical (unpaired) electrons. The third-order valence-electron chi connectivity index (χ3n) is 6.54. The van der Waals surface area contributed by atoms with Crippen molar-refractivity contribution in [3.05, 3.63) is 106 Å². The van der Waals surface area contributed by atoms with Gasteiger partial charge in [0, 0.05) is 60.9 Å². The van der Waals surface area contributed by atoms with Crippen LogP contribution in [0.4, 0.5) is 0 Å². The van der Waals surface area contributed by atoms with Crippen LogP contribution in [0.5, 0.6) is 0 Å². The molecule has 2 aromatic carbocycles. The van der Waals surface area contributed by atoms with Gasteiger partial charge in [-0.3, -0.25) is 0 Å². The molecule has 0 bridgehead atoms. The zero-order valence-electron chi connectivity index (χ0n) is 26.6. The number of fused-ring (bicyclic) bond motifs is 2. The van der Waals surface area contributed by atoms with Gasteiger partial charge < -0.3 is 18.6 Å². The lowest BCUT2D eigenvalue weighted by Crippen LogP contribution is -2.13. The number of esters is 2. The SMILES string of the molecule is CC(C)OC(=O)c1cnc(Cl)nc1-c1cn(C)c2ccccc12.CC(C)OC(=O)c1cnc(Cl)nc1Cl.Cn1ccc2ccccc21. The summed E-state index contributed by atoms with van der Waals surface area (Å²) >= 11 is 17.1. The summed E-state index contributed by atoms with van der Waals surface area (Å²) in [6.07, 6.45) is 6.22. The number of aryl methyl sites for hydroxylation is 2. The number of carbonyl (C=O) groups is 2. The fourth-order valence-electron chi connectivity index (χ4n) is 4.50. The summed E-state index contributed by atoms with van der Waals surface area (Å²) in [5.74, 6) is -1.01. The van der Waals surface area contributed by atoms with E-state index in [0.29, 0.717) is 11.3 Å². The van der Waals surface area contributed by atoms with E-state index in [2.05, 4.69) is 68.1 Å². The molecule has 4 heterocycles. The minimum atomic E-state index is -0.554. The molecule has 0 amide bonds. The van der Waals surface area contributed by atoms with Gasteiger partial charge in [0.2, 0.25) is 10.6 Å². The lowest BCUT2D eigenvalue weighted by Gasteiger charge is -2.10. The summed E-state index contributed by atoms with van der Waals surface area (Å²) in [6, 6.07) is 18.4. The van der Waals surface area contributed by atoms with Gasteiger partial charge in [0.1, 0.15) is 16.3 Å². The van der Waals surface area contributed by atoms with Gasteiger partial charge in [-0.2, -0.15) is 0 Å². The molecule has 6 rings (SSSR count). The maximum absolute atomic E-state index is 12.4. The summed E-state index contributed by atoms with van der Waals surface area (Å²) in [6.45, 7) is 7.07. The minimum Gasteiger partial charge on any atom is -0.459 e. The first-order valence-electron chi connectivity index (χ1n) is 14.5. The number of rotatable bonds is 5. The molecule has 0 saturated carbocycles. The van der Waals surface area contributed by atoms with Crippen molar-refractivity contribution in [1.29, 1.82) is 0 Å². The van der Waals surface area contributed by atoms with Crippen LogP contribution in [0.25, 0.3) is 33.1 Å². The van der Waals surface area contributed by atoms with Crippen molar-refractivity contribution in [3.63, 3.8) is 0 Å². The Bertz CT molecular complexity index is 2020. The van der Waals surface area contributed by atoms with Crippen LogP contribution in [0.1, 0.15) is 48.4 Å². The molecule has 0 fully saturated rings. The summed E-state index contributed by atoms with van der Waals surface area (Å²) in [4.78, 5) is 39.2. The molecule has 10 nitrogen and oxygen atoms in total. The van der Waals surface area contributed by atoms with E-state index in [-0.39, 0.29) is 33.5 Å². The fourth-order valence-corrected chi connectivity index (χ4v) is 5.02. The van der Waals surface area contributed by atoms with Crippen molar-refractivity contribution in [2.24, 2.45) is 14.1 Å². The Kier molecular flexibility index (Phi) is 11.9. The molecular formula is C34H33Cl3N6O4. The van der Waals surface area contributed by atoms with E-state index in [9.17, 15) is 9.59 Å². The van der Waals surface area contributed by atoms with Crippen molar-refractivity contribution >= 4 is 68.5 Å². The number of aromatic nitrogens is 6. The molecule has 244 valence electrons. The molecule has 0 aliphatic heterocycles. The Balaban J connectivity index is 0.000000176. The molecule has 4 aromatic heterocycles. The molecule has 0 aliphatic rings. The molecule has 0 spiro atoms. The number of para-hydroxylation sites is 2. The highest BCUT2D eigenvalue weighted by atomic mass is 35.5. The number of halogens is 3. The quantitative estimate of drug-likeness (QED) is 0.100. The number of hydrogen-bond acceptors (Lipinski definition) is 8. The summed E-state index contributed by atoms with van der Waals surface area (Å²) in [5, 5.41) is 2.38. The van der Waals surface area contributed by atoms with E-state index >= 15 is 0 Å². The molecule has 0 unspecified atom stereocenters. The number of ether oxygens (including phenoxy) is 2. The molecule has 47 heavy (non-hydrogen) atoms. The lowest BCUT2D eigenvalue weighted by molar-refractivity contribution is 0.0366. The van der Waals surface area contributed by atoms with Crippen molar-refractivity contribution in [1.82, 2.24) is 29.1 Å². The van der Waals surface area contributed by atoms with Crippen LogP contribution >= 0.6 is 34.8 Å². The van der Waals surface area contributed by atoms with E-state index in [1.807, 2.05) is 42.1 Å². The predicted molar refractivity (Wildman–Crippen MR) is 185 cm³/mol. The first-order valence-corrected chi connectivity index (χ1v) is 15.7.